The van der Waals surface area contributed by atoms with Gasteiger partial charge < -0.3 is 4.74 Å². The molecule has 0 aliphatic rings. The maximum Gasteiger partial charge on any atom is 0.302 e. The van der Waals surface area contributed by atoms with Gasteiger partial charge in [-0.3, -0.25) is 9.35 Å². The van der Waals surface area contributed by atoms with Gasteiger partial charge in [-0.15, -0.1) is 0 Å². The van der Waals surface area contributed by atoms with Crippen LogP contribution in [0.4, 0.5) is 0 Å². The van der Waals surface area contributed by atoms with E-state index in [9.17, 15) is 13.2 Å². The van der Waals surface area contributed by atoms with Crippen LogP contribution in [-0.4, -0.2) is 30.8 Å². The van der Waals surface area contributed by atoms with E-state index in [4.69, 9.17) is 9.29 Å². The Kier molecular flexibility index (Phi) is 20.8. The summed E-state index contributed by atoms with van der Waals surface area (Å²) in [6, 6.07) is 0. The fraction of sp³-hybridized carbons (Fsp3) is 0.960. The molecule has 0 heterocycles. The molecule has 1 N–H and O–H groups in total. The third kappa shape index (κ3) is 25.5. The second-order valence-electron chi connectivity index (χ2n) is 9.13. The maximum absolute atomic E-state index is 11.0. The van der Waals surface area contributed by atoms with Crippen LogP contribution >= 0.6 is 0 Å². The Bertz CT molecular complexity index is 504. The number of carbonyl (C=O) groups excluding carboxylic acids is 1. The Balaban J connectivity index is 3.36. The maximum atomic E-state index is 11.0. The van der Waals surface area contributed by atoms with Crippen molar-refractivity contribution in [2.75, 3.05) is 5.75 Å². The highest BCUT2D eigenvalue weighted by molar-refractivity contribution is 7.85. The lowest BCUT2D eigenvalue weighted by Gasteiger charge is -2.15. The first-order valence-electron chi connectivity index (χ1n) is 13.0. The highest BCUT2D eigenvalue weighted by Crippen LogP contribution is 2.15. The molecule has 0 saturated heterocycles. The molecule has 0 aliphatic heterocycles. The summed E-state index contributed by atoms with van der Waals surface area (Å²) in [5, 5.41) is 0. The second kappa shape index (κ2) is 21.2. The first kappa shape index (κ1) is 30.4. The summed E-state index contributed by atoms with van der Waals surface area (Å²) >= 11 is 0. The first-order valence-corrected chi connectivity index (χ1v) is 14.6. The van der Waals surface area contributed by atoms with Gasteiger partial charge in [0.15, 0.2) is 0 Å². The van der Waals surface area contributed by atoms with E-state index in [2.05, 4.69) is 6.92 Å². The lowest BCUT2D eigenvalue weighted by Crippen LogP contribution is -2.25. The summed E-state index contributed by atoms with van der Waals surface area (Å²) < 4.78 is 35.9. The SMILES string of the molecule is CCCCCCCCCCCCCCCCCCCCCC(CS(=O)(=O)O)OC(C)=O. The van der Waals surface area contributed by atoms with Gasteiger partial charge in [0.1, 0.15) is 11.9 Å². The van der Waals surface area contributed by atoms with Crippen LogP contribution in [0, 0.1) is 0 Å². The third-order valence-electron chi connectivity index (χ3n) is 5.86. The van der Waals surface area contributed by atoms with Crippen molar-refractivity contribution in [3.63, 3.8) is 0 Å². The van der Waals surface area contributed by atoms with Gasteiger partial charge in [-0.05, 0) is 12.8 Å². The van der Waals surface area contributed by atoms with E-state index < -0.39 is 27.9 Å². The molecule has 0 saturated carbocycles. The van der Waals surface area contributed by atoms with E-state index in [1.54, 1.807) is 0 Å². The Morgan fingerprint density at radius 1 is 0.677 bits per heavy atom. The lowest BCUT2D eigenvalue weighted by molar-refractivity contribution is -0.145. The molecule has 0 aromatic heterocycles. The zero-order valence-corrected chi connectivity index (χ0v) is 21.2. The minimum absolute atomic E-state index is 0.484. The van der Waals surface area contributed by atoms with Gasteiger partial charge in [0, 0.05) is 6.92 Å². The molecular weight excluding hydrogens is 412 g/mol. The largest absolute Gasteiger partial charge is 0.461 e. The summed E-state index contributed by atoms with van der Waals surface area (Å²) in [4.78, 5) is 11.0. The number of unbranched alkanes of at least 4 members (excludes halogenated alkanes) is 18. The first-order chi connectivity index (χ1) is 14.8. The molecule has 0 spiro atoms. The summed E-state index contributed by atoms with van der Waals surface area (Å²) in [6.07, 6.45) is 24.6. The molecule has 1 unspecified atom stereocenters. The molecule has 0 amide bonds. The van der Waals surface area contributed by atoms with Gasteiger partial charge in [0.25, 0.3) is 10.1 Å². The van der Waals surface area contributed by atoms with Crippen molar-refractivity contribution in [2.24, 2.45) is 0 Å². The molecule has 0 bridgehead atoms. The van der Waals surface area contributed by atoms with E-state index >= 15 is 0 Å². The average molecular weight is 463 g/mol. The minimum Gasteiger partial charge on any atom is -0.461 e. The summed E-state index contributed by atoms with van der Waals surface area (Å²) in [6.45, 7) is 3.53. The molecule has 186 valence electrons. The van der Waals surface area contributed by atoms with Crippen LogP contribution in [0.1, 0.15) is 142 Å². The number of hydrogen-bond donors (Lipinski definition) is 1. The van der Waals surface area contributed by atoms with Crippen LogP contribution in [0.3, 0.4) is 0 Å². The standard InChI is InChI=1S/C25H50O5S/c1-3-4-5-6-7-8-9-10-11-12-13-14-15-16-17-18-19-20-21-22-25(30-24(2)26)23-31(27,28)29/h25H,3-23H2,1-2H3,(H,27,28,29). The van der Waals surface area contributed by atoms with E-state index in [0.717, 1.165) is 19.3 Å². The zero-order valence-electron chi connectivity index (χ0n) is 20.4. The lowest BCUT2D eigenvalue weighted by atomic mass is 10.0. The van der Waals surface area contributed by atoms with Crippen molar-refractivity contribution >= 4 is 16.1 Å². The molecule has 31 heavy (non-hydrogen) atoms. The van der Waals surface area contributed by atoms with Gasteiger partial charge in [0.2, 0.25) is 0 Å². The molecular formula is C25H50O5S. The molecule has 6 heteroatoms. The van der Waals surface area contributed by atoms with Gasteiger partial charge in [0.05, 0.1) is 0 Å². The average Bonchev–Trinajstić information content (AvgIpc) is 2.68. The van der Waals surface area contributed by atoms with E-state index in [1.807, 2.05) is 0 Å². The van der Waals surface area contributed by atoms with Crippen molar-refractivity contribution in [2.45, 2.75) is 148 Å². The molecule has 0 aromatic rings. The number of rotatable bonds is 23. The Morgan fingerprint density at radius 3 is 1.29 bits per heavy atom. The summed E-state index contributed by atoms with van der Waals surface area (Å²) in [5.74, 6) is -1.02. The van der Waals surface area contributed by atoms with E-state index in [-0.39, 0.29) is 0 Å². The predicted octanol–water partition coefficient (Wildman–Crippen LogP) is 7.63. The number of hydrogen-bond acceptors (Lipinski definition) is 4. The van der Waals surface area contributed by atoms with Crippen molar-refractivity contribution in [3.8, 4) is 0 Å². The van der Waals surface area contributed by atoms with Gasteiger partial charge in [-0.1, -0.05) is 122 Å². The normalized spacial score (nSPS) is 12.7. The molecule has 0 radical (unpaired) electrons. The van der Waals surface area contributed by atoms with Crippen LogP contribution in [-0.2, 0) is 19.6 Å². The molecule has 1 atom stereocenters. The van der Waals surface area contributed by atoms with Crippen LogP contribution < -0.4 is 0 Å². The predicted molar refractivity (Wildman–Crippen MR) is 130 cm³/mol. The van der Waals surface area contributed by atoms with Crippen LogP contribution in [0.5, 0.6) is 0 Å². The Labute approximate surface area is 192 Å². The van der Waals surface area contributed by atoms with Crippen molar-refractivity contribution in [3.05, 3.63) is 0 Å². The van der Waals surface area contributed by atoms with Gasteiger partial charge in [-0.2, -0.15) is 8.42 Å². The Hall–Kier alpha value is -0.620. The zero-order chi connectivity index (χ0) is 23.2. The van der Waals surface area contributed by atoms with Gasteiger partial charge in [-0.25, -0.2) is 0 Å². The topological polar surface area (TPSA) is 80.7 Å². The molecule has 0 rings (SSSR count). The highest BCUT2D eigenvalue weighted by Gasteiger charge is 2.19. The monoisotopic (exact) mass is 462 g/mol. The van der Waals surface area contributed by atoms with Crippen LogP contribution in [0.2, 0.25) is 0 Å². The number of esters is 1. The van der Waals surface area contributed by atoms with Crippen LogP contribution in [0.25, 0.3) is 0 Å². The van der Waals surface area contributed by atoms with E-state index in [1.165, 1.54) is 110 Å². The fourth-order valence-corrected chi connectivity index (χ4v) is 4.80. The molecule has 0 aromatic carbocycles. The smallest absolute Gasteiger partial charge is 0.302 e. The second-order valence-corrected chi connectivity index (χ2v) is 10.6. The molecule has 0 aliphatic carbocycles. The number of carbonyl (C=O) groups is 1. The summed E-state index contributed by atoms with van der Waals surface area (Å²) in [7, 11) is -4.12. The number of ether oxygens (including phenoxy) is 1. The van der Waals surface area contributed by atoms with Crippen molar-refractivity contribution < 1.29 is 22.5 Å². The third-order valence-corrected chi connectivity index (χ3v) is 6.65. The highest BCUT2D eigenvalue weighted by atomic mass is 32.2. The fourth-order valence-electron chi connectivity index (χ4n) is 4.10. The van der Waals surface area contributed by atoms with Crippen molar-refractivity contribution in [1.82, 2.24) is 0 Å². The van der Waals surface area contributed by atoms with E-state index in [0.29, 0.717) is 6.42 Å². The quantitative estimate of drug-likeness (QED) is 0.0959. The van der Waals surface area contributed by atoms with Crippen molar-refractivity contribution in [1.29, 1.82) is 0 Å². The van der Waals surface area contributed by atoms with Gasteiger partial charge >= 0.3 is 5.97 Å². The Morgan fingerprint density at radius 2 is 1.00 bits per heavy atom. The minimum atomic E-state index is -4.12. The molecule has 0 fully saturated rings. The molecule has 5 nitrogen and oxygen atoms in total. The summed E-state index contributed by atoms with van der Waals surface area (Å²) in [5.41, 5.74) is 0. The van der Waals surface area contributed by atoms with Crippen LogP contribution in [0.15, 0.2) is 0 Å².